The highest BCUT2D eigenvalue weighted by atomic mass is 19.1. The van der Waals surface area contributed by atoms with Crippen LogP contribution in [-0.4, -0.2) is 37.1 Å². The molecule has 2 amide bonds. The molecule has 2 N–H and O–H groups in total. The molecule has 6 nitrogen and oxygen atoms in total. The minimum atomic E-state index is -0.419. The van der Waals surface area contributed by atoms with Crippen LogP contribution in [0, 0.1) is 12.7 Å². The van der Waals surface area contributed by atoms with Gasteiger partial charge in [-0.25, -0.2) is 4.39 Å². The van der Waals surface area contributed by atoms with Gasteiger partial charge in [-0.3, -0.25) is 9.59 Å². The Hall–Kier alpha value is -2.93. The van der Waals surface area contributed by atoms with Gasteiger partial charge in [0, 0.05) is 26.6 Å². The molecule has 0 spiro atoms. The van der Waals surface area contributed by atoms with E-state index in [0.717, 1.165) is 11.1 Å². The van der Waals surface area contributed by atoms with Gasteiger partial charge in [0.2, 0.25) is 11.8 Å². The maximum Gasteiger partial charge on any atom is 0.222 e. The standard InChI is InChI=1S/C25H32FN3O3/c1-16-5-8-21(9-6-16)23(28-19(4)30)12-25(31)27-13-20-7-10-24(22(26)11-20)29-14-17(2)32-18(3)15-29/h5-11,17-18,23H,12-15H2,1-4H3,(H,27,31)(H,28,30). The second-order valence-corrected chi connectivity index (χ2v) is 8.59. The summed E-state index contributed by atoms with van der Waals surface area (Å²) < 4.78 is 20.5. The van der Waals surface area contributed by atoms with Crippen LogP contribution < -0.4 is 15.5 Å². The number of hydrogen-bond donors (Lipinski definition) is 2. The van der Waals surface area contributed by atoms with E-state index in [1.807, 2.05) is 56.0 Å². The Labute approximate surface area is 189 Å². The summed E-state index contributed by atoms with van der Waals surface area (Å²) >= 11 is 0. The Morgan fingerprint density at radius 3 is 2.38 bits per heavy atom. The van der Waals surface area contributed by atoms with Crippen molar-refractivity contribution < 1.29 is 18.7 Å². The molecule has 1 aliphatic rings. The number of hydrogen-bond acceptors (Lipinski definition) is 4. The number of nitrogens with zero attached hydrogens (tertiary/aromatic N) is 1. The van der Waals surface area contributed by atoms with Crippen LogP contribution in [-0.2, 0) is 20.9 Å². The lowest BCUT2D eigenvalue weighted by molar-refractivity contribution is -0.122. The van der Waals surface area contributed by atoms with Crippen molar-refractivity contribution in [1.29, 1.82) is 0 Å². The first-order chi connectivity index (χ1) is 15.2. The predicted molar refractivity (Wildman–Crippen MR) is 123 cm³/mol. The Kier molecular flexibility index (Phi) is 7.85. The normalized spacial score (nSPS) is 19.3. The van der Waals surface area contributed by atoms with E-state index >= 15 is 0 Å². The van der Waals surface area contributed by atoms with Crippen molar-refractivity contribution in [2.75, 3.05) is 18.0 Å². The zero-order chi connectivity index (χ0) is 23.3. The largest absolute Gasteiger partial charge is 0.372 e. The molecule has 1 aliphatic heterocycles. The van der Waals surface area contributed by atoms with Crippen LogP contribution >= 0.6 is 0 Å². The van der Waals surface area contributed by atoms with Gasteiger partial charge in [0.25, 0.3) is 0 Å². The van der Waals surface area contributed by atoms with Gasteiger partial charge in [-0.1, -0.05) is 35.9 Å². The van der Waals surface area contributed by atoms with Crippen LogP contribution in [0.1, 0.15) is 49.9 Å². The first-order valence-electron chi connectivity index (χ1n) is 11.0. The molecule has 0 aliphatic carbocycles. The molecule has 2 aromatic rings. The molecule has 1 saturated heterocycles. The molecule has 7 heteroatoms. The van der Waals surface area contributed by atoms with Gasteiger partial charge < -0.3 is 20.3 Å². The summed E-state index contributed by atoms with van der Waals surface area (Å²) in [6.07, 6.45) is 0.191. The van der Waals surface area contributed by atoms with Crippen LogP contribution in [0.4, 0.5) is 10.1 Å². The van der Waals surface area contributed by atoms with Crippen LogP contribution in [0.5, 0.6) is 0 Å². The highest BCUT2D eigenvalue weighted by Crippen LogP contribution is 2.24. The number of morpholine rings is 1. The number of aryl methyl sites for hydroxylation is 1. The topological polar surface area (TPSA) is 70.7 Å². The fourth-order valence-corrected chi connectivity index (χ4v) is 4.05. The zero-order valence-corrected chi connectivity index (χ0v) is 19.2. The van der Waals surface area contributed by atoms with E-state index in [9.17, 15) is 14.0 Å². The van der Waals surface area contributed by atoms with Crippen molar-refractivity contribution in [3.63, 3.8) is 0 Å². The average molecular weight is 442 g/mol. The van der Waals surface area contributed by atoms with Crippen molar-refractivity contribution in [2.45, 2.75) is 58.9 Å². The smallest absolute Gasteiger partial charge is 0.222 e. The van der Waals surface area contributed by atoms with Crippen molar-refractivity contribution >= 4 is 17.5 Å². The number of ether oxygens (including phenoxy) is 1. The summed E-state index contributed by atoms with van der Waals surface area (Å²) in [5, 5.41) is 5.66. The molecule has 32 heavy (non-hydrogen) atoms. The van der Waals surface area contributed by atoms with Gasteiger partial charge in [0.05, 0.1) is 30.4 Å². The minimum absolute atomic E-state index is 0.0437. The average Bonchev–Trinajstić information content (AvgIpc) is 2.71. The summed E-state index contributed by atoms with van der Waals surface area (Å²) in [5.41, 5.74) is 3.20. The lowest BCUT2D eigenvalue weighted by Gasteiger charge is -2.37. The fraction of sp³-hybridized carbons (Fsp3) is 0.440. The molecular formula is C25H32FN3O3. The molecular weight excluding hydrogens is 409 g/mol. The molecule has 3 rings (SSSR count). The summed E-state index contributed by atoms with van der Waals surface area (Å²) in [5.74, 6) is -0.730. The van der Waals surface area contributed by atoms with Crippen LogP contribution in [0.2, 0.25) is 0 Å². The Bertz CT molecular complexity index is 938. The lowest BCUT2D eigenvalue weighted by atomic mass is 10.0. The van der Waals surface area contributed by atoms with E-state index in [0.29, 0.717) is 24.3 Å². The third-order valence-corrected chi connectivity index (χ3v) is 5.51. The van der Waals surface area contributed by atoms with Gasteiger partial charge >= 0.3 is 0 Å². The molecule has 172 valence electrons. The summed E-state index contributed by atoms with van der Waals surface area (Å²) in [6.45, 7) is 8.87. The van der Waals surface area contributed by atoms with E-state index in [2.05, 4.69) is 10.6 Å². The van der Waals surface area contributed by atoms with E-state index in [-0.39, 0.29) is 42.8 Å². The SMILES string of the molecule is CC(=O)NC(CC(=O)NCc1ccc(N2CC(C)OC(C)C2)c(F)c1)c1ccc(C)cc1. The number of amides is 2. The number of anilines is 1. The summed E-state index contributed by atoms with van der Waals surface area (Å²) in [7, 11) is 0. The van der Waals surface area contributed by atoms with E-state index in [4.69, 9.17) is 4.74 Å². The fourth-order valence-electron chi connectivity index (χ4n) is 4.05. The maximum atomic E-state index is 14.8. The molecule has 2 aromatic carbocycles. The second-order valence-electron chi connectivity index (χ2n) is 8.59. The third kappa shape index (κ3) is 6.53. The lowest BCUT2D eigenvalue weighted by Crippen LogP contribution is -2.45. The molecule has 1 heterocycles. The monoisotopic (exact) mass is 441 g/mol. The number of benzene rings is 2. The number of carbonyl (C=O) groups excluding carboxylic acids is 2. The number of carbonyl (C=O) groups is 2. The van der Waals surface area contributed by atoms with Crippen LogP contribution in [0.25, 0.3) is 0 Å². The van der Waals surface area contributed by atoms with Gasteiger partial charge in [0.15, 0.2) is 0 Å². The van der Waals surface area contributed by atoms with Crippen LogP contribution in [0.3, 0.4) is 0 Å². The quantitative estimate of drug-likeness (QED) is 0.688. The Morgan fingerprint density at radius 1 is 1.12 bits per heavy atom. The van der Waals surface area contributed by atoms with Gasteiger partial charge in [-0.05, 0) is 44.0 Å². The molecule has 0 radical (unpaired) electrons. The minimum Gasteiger partial charge on any atom is -0.372 e. The highest BCUT2D eigenvalue weighted by molar-refractivity contribution is 5.79. The van der Waals surface area contributed by atoms with E-state index in [1.165, 1.54) is 13.0 Å². The van der Waals surface area contributed by atoms with Crippen molar-refractivity contribution in [2.24, 2.45) is 0 Å². The molecule has 3 atom stereocenters. The summed E-state index contributed by atoms with van der Waals surface area (Å²) in [4.78, 5) is 26.1. The van der Waals surface area contributed by atoms with Crippen molar-refractivity contribution in [3.8, 4) is 0 Å². The van der Waals surface area contributed by atoms with Gasteiger partial charge in [0.1, 0.15) is 5.82 Å². The first-order valence-corrected chi connectivity index (χ1v) is 11.0. The number of rotatable bonds is 7. The second kappa shape index (κ2) is 10.6. The van der Waals surface area contributed by atoms with Crippen molar-refractivity contribution in [1.82, 2.24) is 10.6 Å². The van der Waals surface area contributed by atoms with Gasteiger partial charge in [-0.2, -0.15) is 0 Å². The summed E-state index contributed by atoms with van der Waals surface area (Å²) in [6, 6.07) is 12.3. The first kappa shape index (κ1) is 23.7. The van der Waals surface area contributed by atoms with Crippen LogP contribution in [0.15, 0.2) is 42.5 Å². The molecule has 3 unspecified atom stereocenters. The predicted octanol–water partition coefficient (Wildman–Crippen LogP) is 3.63. The van der Waals surface area contributed by atoms with Crippen molar-refractivity contribution in [3.05, 3.63) is 65.0 Å². The number of halogens is 1. The highest BCUT2D eigenvalue weighted by Gasteiger charge is 2.24. The van der Waals surface area contributed by atoms with E-state index < -0.39 is 6.04 Å². The third-order valence-electron chi connectivity index (χ3n) is 5.51. The van der Waals surface area contributed by atoms with Gasteiger partial charge in [-0.15, -0.1) is 0 Å². The molecule has 0 bridgehead atoms. The molecule has 0 saturated carbocycles. The maximum absolute atomic E-state index is 14.8. The molecule has 1 fully saturated rings. The van der Waals surface area contributed by atoms with E-state index in [1.54, 1.807) is 6.07 Å². The Balaban J connectivity index is 1.60. The Morgan fingerprint density at radius 2 is 1.78 bits per heavy atom. The molecule has 0 aromatic heterocycles. The zero-order valence-electron chi connectivity index (χ0n) is 19.2. The number of nitrogens with one attached hydrogen (secondary N) is 2.